The van der Waals surface area contributed by atoms with Gasteiger partial charge in [0.15, 0.2) is 0 Å². The van der Waals surface area contributed by atoms with E-state index in [1.165, 1.54) is 12.8 Å². The topological polar surface area (TPSA) is 35.5 Å². The summed E-state index contributed by atoms with van der Waals surface area (Å²) in [6.45, 7) is 5.57. The first-order chi connectivity index (χ1) is 6.39. The molecule has 0 radical (unpaired) electrons. The van der Waals surface area contributed by atoms with Crippen LogP contribution >= 0.6 is 0 Å². The second-order valence-electron chi connectivity index (χ2n) is 5.39. The Bertz CT molecular complexity index is 174. The van der Waals surface area contributed by atoms with Crippen LogP contribution in [0.2, 0.25) is 0 Å². The Morgan fingerprint density at radius 2 is 2.00 bits per heavy atom. The van der Waals surface area contributed by atoms with Gasteiger partial charge in [-0.15, -0.1) is 0 Å². The molecule has 14 heavy (non-hydrogen) atoms. The van der Waals surface area contributed by atoms with E-state index in [0.717, 1.165) is 5.92 Å². The average Bonchev–Trinajstić information content (AvgIpc) is 1.93. The number of hydrogen-bond donors (Lipinski definition) is 2. The molecular weight excluding hydrogens is 176 g/mol. The average molecular weight is 200 g/mol. The maximum atomic E-state index is 10.0. The minimum Gasteiger partial charge on any atom is -0.388 e. The largest absolute Gasteiger partial charge is 0.388 e. The molecule has 0 saturated heterocycles. The molecule has 1 atom stereocenters. The van der Waals surface area contributed by atoms with Gasteiger partial charge in [-0.1, -0.05) is 6.92 Å². The highest BCUT2D eigenvalue weighted by Gasteiger charge is 2.28. The van der Waals surface area contributed by atoms with E-state index in [-0.39, 0.29) is 0 Å². The summed E-state index contributed by atoms with van der Waals surface area (Å²) in [5.74, 6) is 0.867. The van der Waals surface area contributed by atoms with Crippen molar-refractivity contribution in [3.05, 3.63) is 0 Å². The first-order valence-electron chi connectivity index (χ1n) is 5.49. The molecule has 84 valence electrons. The summed E-state index contributed by atoms with van der Waals surface area (Å²) >= 11 is 0. The molecule has 1 saturated carbocycles. The van der Waals surface area contributed by atoms with Crippen LogP contribution < -0.4 is 5.32 Å². The zero-order valence-electron chi connectivity index (χ0n) is 9.88. The van der Waals surface area contributed by atoms with Crippen LogP contribution in [0.4, 0.5) is 0 Å². The fourth-order valence-electron chi connectivity index (χ4n) is 2.17. The van der Waals surface area contributed by atoms with Crippen molar-refractivity contribution in [2.75, 3.05) is 27.2 Å². The lowest BCUT2D eigenvalue weighted by molar-refractivity contribution is 0.0264. The number of nitrogens with zero attached hydrogens (tertiary/aromatic N) is 1. The molecule has 2 N–H and O–H groups in total. The summed E-state index contributed by atoms with van der Waals surface area (Å²) in [6.07, 6.45) is 2.52. The van der Waals surface area contributed by atoms with Crippen LogP contribution in [0.5, 0.6) is 0 Å². The fraction of sp³-hybridized carbons (Fsp3) is 1.00. The van der Waals surface area contributed by atoms with Crippen molar-refractivity contribution in [2.24, 2.45) is 5.92 Å². The van der Waals surface area contributed by atoms with Gasteiger partial charge in [-0.05, 0) is 39.8 Å². The van der Waals surface area contributed by atoms with E-state index in [0.29, 0.717) is 19.1 Å². The van der Waals surface area contributed by atoms with Crippen molar-refractivity contribution >= 4 is 0 Å². The molecule has 1 aliphatic carbocycles. The molecular formula is C11H24N2O. The number of nitrogens with one attached hydrogen (secondary N) is 1. The van der Waals surface area contributed by atoms with Gasteiger partial charge in [0.25, 0.3) is 0 Å². The third-order valence-corrected chi connectivity index (χ3v) is 2.80. The minimum atomic E-state index is -0.609. The highest BCUT2D eigenvalue weighted by molar-refractivity contribution is 4.86. The lowest BCUT2D eigenvalue weighted by Crippen LogP contribution is -2.51. The van der Waals surface area contributed by atoms with Crippen LogP contribution in [0.3, 0.4) is 0 Å². The number of likely N-dealkylation sites (N-methyl/N-ethyl adjacent to an activating group) is 1. The first kappa shape index (κ1) is 12.0. The molecule has 0 aromatic carbocycles. The standard InChI is InChI=1S/C11H24N2O/c1-9-5-10(6-9)12-7-11(2,14)8-13(3)4/h9-10,12,14H,5-8H2,1-4H3. The van der Waals surface area contributed by atoms with E-state index in [1.807, 2.05) is 25.9 Å². The van der Waals surface area contributed by atoms with Crippen molar-refractivity contribution in [1.29, 1.82) is 0 Å². The quantitative estimate of drug-likeness (QED) is 0.685. The van der Waals surface area contributed by atoms with E-state index in [2.05, 4.69) is 12.2 Å². The number of hydrogen-bond acceptors (Lipinski definition) is 3. The number of rotatable bonds is 5. The fourth-order valence-corrected chi connectivity index (χ4v) is 2.17. The van der Waals surface area contributed by atoms with Gasteiger partial charge in [-0.3, -0.25) is 0 Å². The molecule has 0 heterocycles. The van der Waals surface area contributed by atoms with Crippen LogP contribution in [0.1, 0.15) is 26.7 Å². The molecule has 1 fully saturated rings. The predicted octanol–water partition coefficient (Wildman–Crippen LogP) is 0.687. The van der Waals surface area contributed by atoms with Crippen LogP contribution in [0.15, 0.2) is 0 Å². The van der Waals surface area contributed by atoms with E-state index < -0.39 is 5.60 Å². The van der Waals surface area contributed by atoms with Crippen LogP contribution in [0, 0.1) is 5.92 Å². The maximum absolute atomic E-state index is 10.0. The van der Waals surface area contributed by atoms with Gasteiger partial charge >= 0.3 is 0 Å². The van der Waals surface area contributed by atoms with Gasteiger partial charge in [0.2, 0.25) is 0 Å². The van der Waals surface area contributed by atoms with Gasteiger partial charge in [-0.2, -0.15) is 0 Å². The van der Waals surface area contributed by atoms with Crippen molar-refractivity contribution in [2.45, 2.75) is 38.3 Å². The first-order valence-corrected chi connectivity index (χ1v) is 5.49. The maximum Gasteiger partial charge on any atom is 0.0869 e. The van der Waals surface area contributed by atoms with Crippen molar-refractivity contribution in [3.63, 3.8) is 0 Å². The minimum absolute atomic E-state index is 0.609. The van der Waals surface area contributed by atoms with Gasteiger partial charge in [0.1, 0.15) is 0 Å². The van der Waals surface area contributed by atoms with Crippen molar-refractivity contribution in [3.8, 4) is 0 Å². The molecule has 1 unspecified atom stereocenters. The Kier molecular flexibility index (Phi) is 3.93. The van der Waals surface area contributed by atoms with Gasteiger partial charge in [0, 0.05) is 19.1 Å². The SMILES string of the molecule is CC1CC(NCC(C)(O)CN(C)C)C1. The zero-order chi connectivity index (χ0) is 10.8. The molecule has 1 aliphatic rings. The summed E-state index contributed by atoms with van der Waals surface area (Å²) in [7, 11) is 3.97. The van der Waals surface area contributed by atoms with Crippen molar-refractivity contribution < 1.29 is 5.11 Å². The van der Waals surface area contributed by atoms with Crippen LogP contribution in [0.25, 0.3) is 0 Å². The third kappa shape index (κ3) is 3.95. The highest BCUT2D eigenvalue weighted by Crippen LogP contribution is 2.26. The summed E-state index contributed by atoms with van der Waals surface area (Å²) < 4.78 is 0. The normalized spacial score (nSPS) is 31.3. The zero-order valence-corrected chi connectivity index (χ0v) is 9.88. The molecule has 0 bridgehead atoms. The Balaban J connectivity index is 2.16. The van der Waals surface area contributed by atoms with Crippen LogP contribution in [-0.4, -0.2) is 48.8 Å². The monoisotopic (exact) mass is 200 g/mol. The number of aliphatic hydroxyl groups is 1. The molecule has 0 amide bonds. The summed E-state index contributed by atoms with van der Waals surface area (Å²) in [6, 6.07) is 0.638. The molecule has 0 spiro atoms. The van der Waals surface area contributed by atoms with E-state index >= 15 is 0 Å². The Labute approximate surface area is 87.5 Å². The second-order valence-corrected chi connectivity index (χ2v) is 5.39. The smallest absolute Gasteiger partial charge is 0.0869 e. The summed E-state index contributed by atoms with van der Waals surface area (Å²) in [5, 5.41) is 13.4. The van der Waals surface area contributed by atoms with Crippen molar-refractivity contribution in [1.82, 2.24) is 10.2 Å². The van der Waals surface area contributed by atoms with E-state index in [1.54, 1.807) is 0 Å². The predicted molar refractivity (Wildman–Crippen MR) is 59.4 cm³/mol. The van der Waals surface area contributed by atoms with E-state index in [9.17, 15) is 5.11 Å². The van der Waals surface area contributed by atoms with E-state index in [4.69, 9.17) is 0 Å². The van der Waals surface area contributed by atoms with Gasteiger partial charge in [0.05, 0.1) is 5.60 Å². The summed E-state index contributed by atoms with van der Waals surface area (Å²) in [5.41, 5.74) is -0.609. The molecule has 0 aromatic heterocycles. The lowest BCUT2D eigenvalue weighted by atomic mass is 9.81. The highest BCUT2D eigenvalue weighted by atomic mass is 16.3. The van der Waals surface area contributed by atoms with Gasteiger partial charge < -0.3 is 15.3 Å². The third-order valence-electron chi connectivity index (χ3n) is 2.80. The summed E-state index contributed by atoms with van der Waals surface area (Å²) in [4.78, 5) is 2.02. The Morgan fingerprint density at radius 3 is 2.43 bits per heavy atom. The molecule has 3 heteroatoms. The van der Waals surface area contributed by atoms with Crippen LogP contribution in [-0.2, 0) is 0 Å². The van der Waals surface area contributed by atoms with Gasteiger partial charge in [-0.25, -0.2) is 0 Å². The Morgan fingerprint density at radius 1 is 1.43 bits per heavy atom. The molecule has 0 aliphatic heterocycles. The molecule has 0 aromatic rings. The molecule has 1 rings (SSSR count). The lowest BCUT2D eigenvalue weighted by Gasteiger charge is -2.36. The Hall–Kier alpha value is -0.120. The second kappa shape index (κ2) is 4.60. The molecule has 3 nitrogen and oxygen atoms in total.